The molecule has 1 unspecified atom stereocenters. The van der Waals surface area contributed by atoms with Crippen molar-refractivity contribution in [3.05, 3.63) is 58.3 Å². The summed E-state index contributed by atoms with van der Waals surface area (Å²) in [4.78, 5) is 26.8. The Kier molecular flexibility index (Phi) is 4.39. The summed E-state index contributed by atoms with van der Waals surface area (Å²) >= 11 is 1.10. The van der Waals surface area contributed by atoms with Gasteiger partial charge in [-0.15, -0.1) is 0 Å². The molecule has 0 spiro atoms. The van der Waals surface area contributed by atoms with Crippen LogP contribution in [0.3, 0.4) is 0 Å². The van der Waals surface area contributed by atoms with Gasteiger partial charge in [0.2, 0.25) is 5.91 Å². The first-order valence-corrected chi connectivity index (χ1v) is 10.8. The number of nitrogens with one attached hydrogen (secondary N) is 2. The van der Waals surface area contributed by atoms with Crippen molar-refractivity contribution < 1.29 is 14.3 Å². The van der Waals surface area contributed by atoms with Crippen LogP contribution in [0.2, 0.25) is 0 Å². The molecule has 1 saturated heterocycles. The first-order valence-electron chi connectivity index (χ1n) is 9.91. The van der Waals surface area contributed by atoms with Crippen LogP contribution in [0, 0.1) is 13.8 Å². The lowest BCUT2D eigenvalue weighted by atomic mass is 9.95. The normalized spacial score (nSPS) is 18.3. The molecule has 1 atom stereocenters. The lowest BCUT2D eigenvalue weighted by Gasteiger charge is -2.18. The van der Waals surface area contributed by atoms with Crippen molar-refractivity contribution in [2.75, 3.05) is 0 Å². The zero-order chi connectivity index (χ0) is 20.1. The van der Waals surface area contributed by atoms with E-state index in [9.17, 15) is 9.59 Å². The lowest BCUT2D eigenvalue weighted by Crippen LogP contribution is -2.25. The molecule has 2 amide bonds. The Balaban J connectivity index is 1.49. The molecule has 6 heteroatoms. The average Bonchev–Trinajstić information content (AvgIpc) is 3.39. The summed E-state index contributed by atoms with van der Waals surface area (Å²) < 4.78 is 6.40. The molecule has 5 nitrogen and oxygen atoms in total. The maximum atomic E-state index is 12.0. The van der Waals surface area contributed by atoms with Gasteiger partial charge in [0.1, 0.15) is 11.5 Å². The van der Waals surface area contributed by atoms with E-state index < -0.39 is 0 Å². The summed E-state index contributed by atoms with van der Waals surface area (Å²) in [5.74, 6) is 1.59. The number of benzene rings is 2. The molecule has 1 aliphatic carbocycles. The number of hydrogen-bond donors (Lipinski definition) is 2. The van der Waals surface area contributed by atoms with Gasteiger partial charge in [-0.3, -0.25) is 14.9 Å². The number of amides is 2. The van der Waals surface area contributed by atoms with Crippen LogP contribution < -0.4 is 10.1 Å². The van der Waals surface area contributed by atoms with Gasteiger partial charge in [0, 0.05) is 17.1 Å². The van der Waals surface area contributed by atoms with Crippen LogP contribution in [-0.4, -0.2) is 21.4 Å². The number of hydrogen-bond acceptors (Lipinski definition) is 4. The Labute approximate surface area is 173 Å². The van der Waals surface area contributed by atoms with Gasteiger partial charge in [-0.2, -0.15) is 0 Å². The van der Waals surface area contributed by atoms with Gasteiger partial charge in [0.15, 0.2) is 0 Å². The molecule has 0 bridgehead atoms. The Morgan fingerprint density at radius 2 is 1.93 bits per heavy atom. The SMILES string of the molecule is Cc1cc(CC2SC(=O)NC2=O)c2c(c1Oc1ccc3[nH]cc(C)c3c1)CCC2. The molecule has 1 aliphatic heterocycles. The maximum absolute atomic E-state index is 12.0. The van der Waals surface area contributed by atoms with E-state index in [0.29, 0.717) is 6.42 Å². The number of ether oxygens (including phenoxy) is 1. The predicted molar refractivity (Wildman–Crippen MR) is 115 cm³/mol. The molecular formula is C23H22N2O3S. The number of aryl methyl sites for hydroxylation is 2. The van der Waals surface area contributed by atoms with Crippen molar-refractivity contribution in [1.29, 1.82) is 0 Å². The molecule has 5 rings (SSSR count). The Hall–Kier alpha value is -2.73. The molecular weight excluding hydrogens is 384 g/mol. The fourth-order valence-electron chi connectivity index (χ4n) is 4.47. The van der Waals surface area contributed by atoms with Crippen LogP contribution in [0.4, 0.5) is 4.79 Å². The van der Waals surface area contributed by atoms with Crippen LogP contribution >= 0.6 is 11.8 Å². The second-order valence-electron chi connectivity index (χ2n) is 7.86. The highest BCUT2D eigenvalue weighted by Crippen LogP contribution is 2.40. The fraction of sp³-hybridized carbons (Fsp3) is 0.304. The summed E-state index contributed by atoms with van der Waals surface area (Å²) in [6.45, 7) is 4.15. The van der Waals surface area contributed by atoms with Gasteiger partial charge in [-0.1, -0.05) is 17.8 Å². The van der Waals surface area contributed by atoms with Crippen LogP contribution in [0.5, 0.6) is 11.5 Å². The van der Waals surface area contributed by atoms with Crippen LogP contribution in [-0.2, 0) is 24.1 Å². The Morgan fingerprint density at radius 3 is 2.72 bits per heavy atom. The zero-order valence-corrected chi connectivity index (χ0v) is 17.2. The smallest absolute Gasteiger partial charge is 0.286 e. The van der Waals surface area contributed by atoms with E-state index in [-0.39, 0.29) is 16.4 Å². The van der Waals surface area contributed by atoms with Crippen LogP contribution in [0.1, 0.15) is 34.2 Å². The van der Waals surface area contributed by atoms with E-state index >= 15 is 0 Å². The van der Waals surface area contributed by atoms with E-state index in [0.717, 1.165) is 53.6 Å². The molecule has 29 heavy (non-hydrogen) atoms. The molecule has 0 saturated carbocycles. The van der Waals surface area contributed by atoms with E-state index in [2.05, 4.69) is 42.3 Å². The van der Waals surface area contributed by atoms with Gasteiger partial charge < -0.3 is 9.72 Å². The fourth-order valence-corrected chi connectivity index (χ4v) is 5.32. The number of thioether (sulfide) groups is 1. The zero-order valence-electron chi connectivity index (χ0n) is 16.4. The second-order valence-corrected chi connectivity index (χ2v) is 9.04. The first kappa shape index (κ1) is 18.3. The average molecular weight is 407 g/mol. The standard InChI is InChI=1S/C23H22N2O3S/c1-12-8-14(9-20-22(26)25-23(27)29-20)16-4-3-5-17(16)21(12)28-15-6-7-19-18(10-15)13(2)11-24-19/h6-8,10-11,20,24H,3-5,9H2,1-2H3,(H,25,26,27). The number of H-pyrrole nitrogens is 1. The van der Waals surface area contributed by atoms with Gasteiger partial charge >= 0.3 is 0 Å². The van der Waals surface area contributed by atoms with Gasteiger partial charge in [0.25, 0.3) is 5.24 Å². The summed E-state index contributed by atoms with van der Waals surface area (Å²) in [6, 6.07) is 8.27. The van der Waals surface area contributed by atoms with Crippen molar-refractivity contribution in [3.8, 4) is 11.5 Å². The number of imide groups is 1. The molecule has 0 radical (unpaired) electrons. The largest absolute Gasteiger partial charge is 0.457 e. The third-order valence-corrected chi connectivity index (χ3v) is 6.86. The minimum atomic E-state index is -0.336. The van der Waals surface area contributed by atoms with Crippen LogP contribution in [0.15, 0.2) is 30.5 Å². The summed E-state index contributed by atoms with van der Waals surface area (Å²) in [7, 11) is 0. The number of carbonyl (C=O) groups excluding carboxylic acids is 2. The number of fused-ring (bicyclic) bond motifs is 2. The third kappa shape index (κ3) is 3.21. The number of aromatic nitrogens is 1. The summed E-state index contributed by atoms with van der Waals surface area (Å²) in [6.07, 6.45) is 5.65. The second kappa shape index (κ2) is 6.95. The minimum Gasteiger partial charge on any atom is -0.457 e. The molecule has 1 fully saturated rings. The maximum Gasteiger partial charge on any atom is 0.286 e. The van der Waals surface area contributed by atoms with Gasteiger partial charge in [-0.05, 0) is 85.5 Å². The number of aromatic amines is 1. The van der Waals surface area contributed by atoms with Crippen molar-refractivity contribution in [2.24, 2.45) is 0 Å². The highest BCUT2D eigenvalue weighted by atomic mass is 32.2. The Bertz CT molecular complexity index is 1160. The van der Waals surface area contributed by atoms with Gasteiger partial charge in [-0.25, -0.2) is 0 Å². The summed E-state index contributed by atoms with van der Waals surface area (Å²) in [5, 5.41) is 2.97. The van der Waals surface area contributed by atoms with E-state index in [1.54, 1.807) is 0 Å². The predicted octanol–water partition coefficient (Wildman–Crippen LogP) is 4.96. The molecule has 2 aliphatic rings. The lowest BCUT2D eigenvalue weighted by molar-refractivity contribution is -0.118. The molecule has 2 aromatic carbocycles. The van der Waals surface area contributed by atoms with E-state index in [1.165, 1.54) is 27.6 Å². The quantitative estimate of drug-likeness (QED) is 0.642. The first-order chi connectivity index (χ1) is 14.0. The third-order valence-electron chi connectivity index (χ3n) is 5.88. The number of rotatable bonds is 4. The molecule has 2 heterocycles. The monoisotopic (exact) mass is 406 g/mol. The van der Waals surface area contributed by atoms with E-state index in [1.807, 2.05) is 12.3 Å². The highest BCUT2D eigenvalue weighted by Gasteiger charge is 2.33. The van der Waals surface area contributed by atoms with Crippen molar-refractivity contribution >= 4 is 33.8 Å². The van der Waals surface area contributed by atoms with Crippen molar-refractivity contribution in [2.45, 2.75) is 44.8 Å². The van der Waals surface area contributed by atoms with Crippen molar-refractivity contribution in [1.82, 2.24) is 10.3 Å². The minimum absolute atomic E-state index is 0.181. The summed E-state index contributed by atoms with van der Waals surface area (Å²) in [5.41, 5.74) is 7.08. The van der Waals surface area contributed by atoms with Crippen molar-refractivity contribution in [3.63, 3.8) is 0 Å². The highest BCUT2D eigenvalue weighted by molar-refractivity contribution is 8.15. The van der Waals surface area contributed by atoms with Gasteiger partial charge in [0.05, 0.1) is 5.25 Å². The van der Waals surface area contributed by atoms with Crippen LogP contribution in [0.25, 0.3) is 10.9 Å². The molecule has 3 aromatic rings. The topological polar surface area (TPSA) is 71.2 Å². The molecule has 1 aromatic heterocycles. The number of carbonyl (C=O) groups is 2. The van der Waals surface area contributed by atoms with E-state index in [4.69, 9.17) is 4.74 Å². The Morgan fingerprint density at radius 1 is 1.10 bits per heavy atom. The molecule has 148 valence electrons. The molecule has 2 N–H and O–H groups in total.